The van der Waals surface area contributed by atoms with Gasteiger partial charge in [0.1, 0.15) is 0 Å². The predicted molar refractivity (Wildman–Crippen MR) is 75.4 cm³/mol. The highest BCUT2D eigenvalue weighted by Crippen LogP contribution is 2.38. The third-order valence-electron chi connectivity index (χ3n) is 3.34. The van der Waals surface area contributed by atoms with Crippen molar-refractivity contribution in [2.45, 2.75) is 6.42 Å². The minimum absolute atomic E-state index is 0.650. The first-order chi connectivity index (χ1) is 9.28. The minimum atomic E-state index is 0.650. The molecule has 104 valence electrons. The van der Waals surface area contributed by atoms with E-state index in [-0.39, 0.29) is 0 Å². The van der Waals surface area contributed by atoms with Crippen molar-refractivity contribution in [1.82, 2.24) is 4.90 Å². The van der Waals surface area contributed by atoms with Gasteiger partial charge in [-0.1, -0.05) is 12.2 Å². The molecule has 0 saturated carbocycles. The van der Waals surface area contributed by atoms with Gasteiger partial charge in [-0.05, 0) is 24.1 Å². The van der Waals surface area contributed by atoms with Gasteiger partial charge in [0.05, 0.1) is 21.3 Å². The molecular weight excluding hydrogens is 242 g/mol. The molecule has 1 aliphatic heterocycles. The van der Waals surface area contributed by atoms with Crippen molar-refractivity contribution in [3.63, 3.8) is 0 Å². The lowest BCUT2D eigenvalue weighted by atomic mass is 10.1. The lowest BCUT2D eigenvalue weighted by Crippen LogP contribution is -2.22. The van der Waals surface area contributed by atoms with Crippen molar-refractivity contribution in [1.29, 1.82) is 0 Å². The Morgan fingerprint density at radius 1 is 0.947 bits per heavy atom. The molecule has 0 radical (unpaired) electrons. The number of methoxy groups -OCH3 is 3. The van der Waals surface area contributed by atoms with Crippen LogP contribution in [-0.4, -0.2) is 45.9 Å². The van der Waals surface area contributed by atoms with Crippen LogP contribution in [0, 0.1) is 0 Å². The van der Waals surface area contributed by atoms with Crippen LogP contribution in [0.25, 0.3) is 0 Å². The van der Waals surface area contributed by atoms with Gasteiger partial charge in [0.15, 0.2) is 11.5 Å². The summed E-state index contributed by atoms with van der Waals surface area (Å²) in [6.07, 6.45) is 5.38. The van der Waals surface area contributed by atoms with Crippen LogP contribution >= 0.6 is 0 Å². The zero-order valence-corrected chi connectivity index (χ0v) is 11.8. The highest BCUT2D eigenvalue weighted by molar-refractivity contribution is 5.53. The SMILES string of the molecule is COc1cc(CCN2CC=CC2)cc(OC)c1OC. The topological polar surface area (TPSA) is 30.9 Å². The van der Waals surface area contributed by atoms with Crippen LogP contribution in [0.3, 0.4) is 0 Å². The number of ether oxygens (including phenoxy) is 3. The largest absolute Gasteiger partial charge is 0.493 e. The number of benzene rings is 1. The van der Waals surface area contributed by atoms with Gasteiger partial charge < -0.3 is 14.2 Å². The molecule has 2 rings (SSSR count). The molecule has 4 nitrogen and oxygen atoms in total. The van der Waals surface area contributed by atoms with Crippen LogP contribution in [0.4, 0.5) is 0 Å². The molecule has 0 atom stereocenters. The second-order valence-electron chi connectivity index (χ2n) is 4.51. The predicted octanol–water partition coefficient (Wildman–Crippen LogP) is 2.13. The second-order valence-corrected chi connectivity index (χ2v) is 4.51. The van der Waals surface area contributed by atoms with Crippen molar-refractivity contribution < 1.29 is 14.2 Å². The Morgan fingerprint density at radius 2 is 1.53 bits per heavy atom. The molecule has 0 aliphatic carbocycles. The summed E-state index contributed by atoms with van der Waals surface area (Å²) in [6, 6.07) is 4.04. The maximum Gasteiger partial charge on any atom is 0.203 e. The van der Waals surface area contributed by atoms with E-state index < -0.39 is 0 Å². The fourth-order valence-corrected chi connectivity index (χ4v) is 2.27. The van der Waals surface area contributed by atoms with E-state index in [4.69, 9.17) is 14.2 Å². The maximum absolute atomic E-state index is 5.36. The quantitative estimate of drug-likeness (QED) is 0.736. The third kappa shape index (κ3) is 3.20. The van der Waals surface area contributed by atoms with Crippen LogP contribution in [0.1, 0.15) is 5.56 Å². The Kier molecular flexibility index (Phi) is 4.68. The van der Waals surface area contributed by atoms with Gasteiger partial charge in [0.2, 0.25) is 5.75 Å². The van der Waals surface area contributed by atoms with E-state index >= 15 is 0 Å². The van der Waals surface area contributed by atoms with E-state index in [1.54, 1.807) is 21.3 Å². The van der Waals surface area contributed by atoms with E-state index in [0.29, 0.717) is 5.75 Å². The zero-order valence-electron chi connectivity index (χ0n) is 11.8. The van der Waals surface area contributed by atoms with Crippen molar-refractivity contribution in [3.8, 4) is 17.2 Å². The first-order valence-corrected chi connectivity index (χ1v) is 6.44. The van der Waals surface area contributed by atoms with Crippen LogP contribution < -0.4 is 14.2 Å². The second kappa shape index (κ2) is 6.48. The minimum Gasteiger partial charge on any atom is -0.493 e. The Morgan fingerprint density at radius 3 is 2.00 bits per heavy atom. The van der Waals surface area contributed by atoms with Crippen molar-refractivity contribution in [3.05, 3.63) is 29.8 Å². The lowest BCUT2D eigenvalue weighted by Gasteiger charge is -2.17. The molecule has 1 aromatic carbocycles. The Hall–Kier alpha value is -1.68. The third-order valence-corrected chi connectivity index (χ3v) is 3.34. The summed E-state index contributed by atoms with van der Waals surface area (Å²) < 4.78 is 16.0. The monoisotopic (exact) mass is 263 g/mol. The van der Waals surface area contributed by atoms with E-state index in [1.807, 2.05) is 12.1 Å². The zero-order chi connectivity index (χ0) is 13.7. The summed E-state index contributed by atoms with van der Waals surface area (Å²) >= 11 is 0. The number of rotatable bonds is 6. The average Bonchev–Trinajstić information content (AvgIpc) is 2.97. The molecule has 19 heavy (non-hydrogen) atoms. The molecule has 0 bridgehead atoms. The van der Waals surface area contributed by atoms with E-state index in [1.165, 1.54) is 5.56 Å². The molecule has 0 saturated heterocycles. The van der Waals surface area contributed by atoms with Gasteiger partial charge in [0, 0.05) is 19.6 Å². The van der Waals surface area contributed by atoms with Crippen molar-refractivity contribution >= 4 is 0 Å². The van der Waals surface area contributed by atoms with Gasteiger partial charge in [-0.15, -0.1) is 0 Å². The first-order valence-electron chi connectivity index (χ1n) is 6.44. The van der Waals surface area contributed by atoms with E-state index in [2.05, 4.69) is 17.1 Å². The van der Waals surface area contributed by atoms with Crippen LogP contribution in [0.2, 0.25) is 0 Å². The lowest BCUT2D eigenvalue weighted by molar-refractivity contribution is 0.322. The van der Waals surface area contributed by atoms with Crippen LogP contribution in [-0.2, 0) is 6.42 Å². The summed E-state index contributed by atoms with van der Waals surface area (Å²) in [6.45, 7) is 3.13. The fraction of sp³-hybridized carbons (Fsp3) is 0.467. The van der Waals surface area contributed by atoms with Crippen LogP contribution in [0.5, 0.6) is 17.2 Å². The highest BCUT2D eigenvalue weighted by Gasteiger charge is 2.14. The molecule has 1 aliphatic rings. The van der Waals surface area contributed by atoms with Crippen LogP contribution in [0.15, 0.2) is 24.3 Å². The molecule has 1 aromatic rings. The molecule has 1 heterocycles. The number of nitrogens with zero attached hydrogens (tertiary/aromatic N) is 1. The van der Waals surface area contributed by atoms with E-state index in [0.717, 1.165) is 37.6 Å². The molecule has 0 spiro atoms. The normalized spacial score (nSPS) is 14.7. The molecule has 4 heteroatoms. The molecule has 0 fully saturated rings. The summed E-state index contributed by atoms with van der Waals surface area (Å²) in [7, 11) is 4.91. The number of hydrogen-bond acceptors (Lipinski definition) is 4. The molecule has 0 unspecified atom stereocenters. The summed E-state index contributed by atoms with van der Waals surface area (Å²) in [5, 5.41) is 0. The molecule has 0 N–H and O–H groups in total. The van der Waals surface area contributed by atoms with Gasteiger partial charge in [-0.25, -0.2) is 0 Å². The van der Waals surface area contributed by atoms with Gasteiger partial charge in [-0.3, -0.25) is 4.90 Å². The Labute approximate surface area is 114 Å². The summed E-state index contributed by atoms with van der Waals surface area (Å²) in [5.74, 6) is 2.09. The van der Waals surface area contributed by atoms with Gasteiger partial charge >= 0.3 is 0 Å². The maximum atomic E-state index is 5.36. The first kappa shape index (κ1) is 13.7. The fourth-order valence-electron chi connectivity index (χ4n) is 2.27. The van der Waals surface area contributed by atoms with Crippen molar-refractivity contribution in [2.75, 3.05) is 41.0 Å². The highest BCUT2D eigenvalue weighted by atomic mass is 16.5. The van der Waals surface area contributed by atoms with Gasteiger partial charge in [-0.2, -0.15) is 0 Å². The standard InChI is InChI=1S/C15H21NO3/c1-17-13-10-12(6-9-16-7-4-5-8-16)11-14(18-2)15(13)19-3/h4-5,10-11H,6-9H2,1-3H3. The Bertz CT molecular complexity index is 424. The van der Waals surface area contributed by atoms with Crippen molar-refractivity contribution in [2.24, 2.45) is 0 Å². The van der Waals surface area contributed by atoms with Gasteiger partial charge in [0.25, 0.3) is 0 Å². The molecular formula is C15H21NO3. The smallest absolute Gasteiger partial charge is 0.203 e. The summed E-state index contributed by atoms with van der Waals surface area (Å²) in [4.78, 5) is 2.39. The molecule has 0 amide bonds. The summed E-state index contributed by atoms with van der Waals surface area (Å²) in [5.41, 5.74) is 1.20. The molecule has 0 aromatic heterocycles. The Balaban J connectivity index is 2.11. The van der Waals surface area contributed by atoms with E-state index in [9.17, 15) is 0 Å². The number of hydrogen-bond donors (Lipinski definition) is 0. The average molecular weight is 263 g/mol.